The van der Waals surface area contributed by atoms with Crippen LogP contribution < -0.4 is 10.5 Å². The van der Waals surface area contributed by atoms with Crippen molar-refractivity contribution in [2.24, 2.45) is 16.8 Å². The average Bonchev–Trinajstić information content (AvgIpc) is 2.47. The largest absolute Gasteiger partial charge is 0.497 e. The maximum Gasteiger partial charge on any atom is 0.142 e. The fourth-order valence-electron chi connectivity index (χ4n) is 2.50. The van der Waals surface area contributed by atoms with Crippen molar-refractivity contribution < 1.29 is 9.94 Å². The standard InChI is InChI=1S/C14H21N3O2/c1-19-13-4-2-3-11(9-13)10-17-7-5-12(6-8-17)14(15)16-18/h2-4,9,12,18H,5-8,10H2,1H3,(H2,15,16). The Balaban J connectivity index is 1.88. The molecule has 0 atom stereocenters. The van der Waals surface area contributed by atoms with Gasteiger partial charge in [-0.1, -0.05) is 17.3 Å². The summed E-state index contributed by atoms with van der Waals surface area (Å²) in [7, 11) is 1.68. The summed E-state index contributed by atoms with van der Waals surface area (Å²) in [5, 5.41) is 11.8. The molecular weight excluding hydrogens is 242 g/mol. The third kappa shape index (κ3) is 3.61. The van der Waals surface area contributed by atoms with E-state index < -0.39 is 0 Å². The Bertz CT molecular complexity index is 440. The first-order valence-corrected chi connectivity index (χ1v) is 6.55. The van der Waals surface area contributed by atoms with E-state index in [0.717, 1.165) is 38.2 Å². The highest BCUT2D eigenvalue weighted by atomic mass is 16.5. The number of hydrogen-bond acceptors (Lipinski definition) is 4. The zero-order valence-corrected chi connectivity index (χ0v) is 11.2. The summed E-state index contributed by atoms with van der Waals surface area (Å²) >= 11 is 0. The van der Waals surface area contributed by atoms with E-state index in [1.807, 2.05) is 12.1 Å². The Hall–Kier alpha value is -1.75. The molecule has 0 amide bonds. The minimum atomic E-state index is 0.214. The zero-order valence-electron chi connectivity index (χ0n) is 11.2. The monoisotopic (exact) mass is 263 g/mol. The minimum Gasteiger partial charge on any atom is -0.497 e. The van der Waals surface area contributed by atoms with Crippen LogP contribution >= 0.6 is 0 Å². The first-order chi connectivity index (χ1) is 9.22. The first kappa shape index (κ1) is 13.7. The number of benzene rings is 1. The lowest BCUT2D eigenvalue weighted by atomic mass is 9.95. The van der Waals surface area contributed by atoms with Crippen molar-refractivity contribution in [1.82, 2.24) is 4.90 Å². The molecule has 104 valence electrons. The molecule has 0 bridgehead atoms. The van der Waals surface area contributed by atoms with E-state index in [0.29, 0.717) is 5.84 Å². The summed E-state index contributed by atoms with van der Waals surface area (Å²) in [6, 6.07) is 8.14. The van der Waals surface area contributed by atoms with Gasteiger partial charge in [0.05, 0.1) is 7.11 Å². The van der Waals surface area contributed by atoms with E-state index in [-0.39, 0.29) is 5.92 Å². The van der Waals surface area contributed by atoms with Gasteiger partial charge in [-0.25, -0.2) is 0 Å². The predicted octanol–water partition coefficient (Wildman–Crippen LogP) is 1.65. The minimum absolute atomic E-state index is 0.214. The summed E-state index contributed by atoms with van der Waals surface area (Å²) in [5.74, 6) is 1.47. The van der Waals surface area contributed by atoms with Gasteiger partial charge in [0, 0.05) is 12.5 Å². The van der Waals surface area contributed by atoms with Crippen LogP contribution in [0.25, 0.3) is 0 Å². The van der Waals surface area contributed by atoms with E-state index in [1.54, 1.807) is 7.11 Å². The Labute approximate surface area is 113 Å². The molecule has 1 heterocycles. The summed E-state index contributed by atoms with van der Waals surface area (Å²) < 4.78 is 5.23. The number of hydrogen-bond donors (Lipinski definition) is 2. The summed E-state index contributed by atoms with van der Waals surface area (Å²) in [6.45, 7) is 2.86. The Morgan fingerprint density at radius 3 is 2.84 bits per heavy atom. The van der Waals surface area contributed by atoms with Gasteiger partial charge in [0.25, 0.3) is 0 Å². The van der Waals surface area contributed by atoms with Crippen molar-refractivity contribution in [2.45, 2.75) is 19.4 Å². The van der Waals surface area contributed by atoms with Crippen LogP contribution in [0.2, 0.25) is 0 Å². The predicted molar refractivity (Wildman–Crippen MR) is 74.4 cm³/mol. The maximum atomic E-state index is 8.68. The summed E-state index contributed by atoms with van der Waals surface area (Å²) in [6.07, 6.45) is 1.89. The smallest absolute Gasteiger partial charge is 0.142 e. The third-order valence-electron chi connectivity index (χ3n) is 3.66. The van der Waals surface area contributed by atoms with Gasteiger partial charge in [-0.05, 0) is 43.6 Å². The van der Waals surface area contributed by atoms with Gasteiger partial charge in [-0.2, -0.15) is 0 Å². The van der Waals surface area contributed by atoms with Crippen LogP contribution in [0.1, 0.15) is 18.4 Å². The van der Waals surface area contributed by atoms with Crippen molar-refractivity contribution in [3.05, 3.63) is 29.8 Å². The SMILES string of the molecule is COc1cccc(CN2CCC(C(N)=NO)CC2)c1. The Kier molecular flexibility index (Phi) is 4.63. The number of methoxy groups -OCH3 is 1. The molecule has 0 saturated carbocycles. The molecule has 1 aromatic carbocycles. The maximum absolute atomic E-state index is 8.68. The van der Waals surface area contributed by atoms with Gasteiger partial charge >= 0.3 is 0 Å². The van der Waals surface area contributed by atoms with Gasteiger partial charge < -0.3 is 15.7 Å². The Morgan fingerprint density at radius 1 is 1.47 bits per heavy atom. The number of rotatable bonds is 4. The van der Waals surface area contributed by atoms with Crippen molar-refractivity contribution in [1.29, 1.82) is 0 Å². The summed E-state index contributed by atoms with van der Waals surface area (Å²) in [5.41, 5.74) is 6.90. The van der Waals surface area contributed by atoms with Crippen LogP contribution in [0.15, 0.2) is 29.4 Å². The molecule has 0 radical (unpaired) electrons. The molecule has 1 saturated heterocycles. The highest BCUT2D eigenvalue weighted by Crippen LogP contribution is 2.20. The lowest BCUT2D eigenvalue weighted by Gasteiger charge is -2.31. The third-order valence-corrected chi connectivity index (χ3v) is 3.66. The molecule has 0 spiro atoms. The van der Waals surface area contributed by atoms with Crippen LogP contribution in [0, 0.1) is 5.92 Å². The second-order valence-corrected chi connectivity index (χ2v) is 4.93. The van der Waals surface area contributed by atoms with E-state index in [2.05, 4.69) is 22.2 Å². The summed E-state index contributed by atoms with van der Waals surface area (Å²) in [4.78, 5) is 2.38. The zero-order chi connectivity index (χ0) is 13.7. The second kappa shape index (κ2) is 6.43. The van der Waals surface area contributed by atoms with Crippen LogP contribution in [-0.2, 0) is 6.54 Å². The number of nitrogens with zero attached hydrogens (tertiary/aromatic N) is 2. The van der Waals surface area contributed by atoms with Gasteiger partial charge in [-0.15, -0.1) is 0 Å². The molecule has 1 aromatic rings. The molecule has 1 aliphatic heterocycles. The van der Waals surface area contributed by atoms with E-state index in [9.17, 15) is 0 Å². The molecule has 5 nitrogen and oxygen atoms in total. The molecule has 3 N–H and O–H groups in total. The fraction of sp³-hybridized carbons (Fsp3) is 0.500. The lowest BCUT2D eigenvalue weighted by molar-refractivity contribution is 0.198. The number of nitrogens with two attached hydrogens (primary N) is 1. The number of ether oxygens (including phenoxy) is 1. The number of oxime groups is 1. The molecule has 1 fully saturated rings. The second-order valence-electron chi connectivity index (χ2n) is 4.93. The van der Waals surface area contributed by atoms with Gasteiger partial charge in [-0.3, -0.25) is 4.90 Å². The van der Waals surface area contributed by atoms with Crippen molar-refractivity contribution >= 4 is 5.84 Å². The van der Waals surface area contributed by atoms with E-state index in [1.165, 1.54) is 5.56 Å². The number of piperidine rings is 1. The first-order valence-electron chi connectivity index (χ1n) is 6.55. The number of amidine groups is 1. The molecule has 0 unspecified atom stereocenters. The normalized spacial score (nSPS) is 18.5. The van der Waals surface area contributed by atoms with Crippen LogP contribution in [0.5, 0.6) is 5.75 Å². The highest BCUT2D eigenvalue weighted by molar-refractivity contribution is 5.82. The molecule has 1 aliphatic rings. The molecular formula is C14H21N3O2. The van der Waals surface area contributed by atoms with Crippen molar-refractivity contribution in [3.63, 3.8) is 0 Å². The van der Waals surface area contributed by atoms with Gasteiger partial charge in [0.2, 0.25) is 0 Å². The lowest BCUT2D eigenvalue weighted by Crippen LogP contribution is -2.38. The molecule has 19 heavy (non-hydrogen) atoms. The van der Waals surface area contributed by atoms with Crippen molar-refractivity contribution in [3.8, 4) is 5.75 Å². The van der Waals surface area contributed by atoms with Gasteiger partial charge in [0.1, 0.15) is 11.6 Å². The topological polar surface area (TPSA) is 71.1 Å². The van der Waals surface area contributed by atoms with Crippen LogP contribution in [0.4, 0.5) is 0 Å². The van der Waals surface area contributed by atoms with E-state index in [4.69, 9.17) is 15.7 Å². The molecule has 5 heteroatoms. The van der Waals surface area contributed by atoms with Crippen LogP contribution in [-0.4, -0.2) is 36.1 Å². The quantitative estimate of drug-likeness (QED) is 0.375. The van der Waals surface area contributed by atoms with Gasteiger partial charge in [0.15, 0.2) is 0 Å². The molecule has 2 rings (SSSR count). The Morgan fingerprint density at radius 2 is 2.21 bits per heavy atom. The highest BCUT2D eigenvalue weighted by Gasteiger charge is 2.22. The van der Waals surface area contributed by atoms with Crippen molar-refractivity contribution in [2.75, 3.05) is 20.2 Å². The average molecular weight is 263 g/mol. The molecule has 0 aliphatic carbocycles. The number of likely N-dealkylation sites (tertiary alicyclic amines) is 1. The van der Waals surface area contributed by atoms with Crippen LogP contribution in [0.3, 0.4) is 0 Å². The van der Waals surface area contributed by atoms with E-state index >= 15 is 0 Å². The fourth-order valence-corrected chi connectivity index (χ4v) is 2.50. The molecule has 0 aromatic heterocycles.